The van der Waals surface area contributed by atoms with Crippen molar-refractivity contribution in [2.24, 2.45) is 0 Å². The average Bonchev–Trinajstić information content (AvgIpc) is 3.34. The maximum absolute atomic E-state index is 11.6. The number of unbranched alkanes of at least 4 members (excludes halogenated alkanes) is 15. The Morgan fingerprint density at radius 3 is 1.57 bits per heavy atom. The first-order valence-electron chi connectivity index (χ1n) is 17.8. The van der Waals surface area contributed by atoms with Gasteiger partial charge < -0.3 is 5.53 Å². The van der Waals surface area contributed by atoms with Crippen molar-refractivity contribution < 1.29 is 4.70 Å². The number of rotatable bonds is 23. The van der Waals surface area contributed by atoms with E-state index in [0.29, 0.717) is 0 Å². The number of allylic oxidation sites excluding steroid dienone is 2. The lowest BCUT2D eigenvalue weighted by atomic mass is 9.98. The van der Waals surface area contributed by atoms with Crippen molar-refractivity contribution in [1.82, 2.24) is 0 Å². The molecule has 0 fully saturated rings. The van der Waals surface area contributed by atoms with Crippen LogP contribution in [0.3, 0.4) is 0 Å². The lowest BCUT2D eigenvalue weighted by Crippen LogP contribution is -2.03. The summed E-state index contributed by atoms with van der Waals surface area (Å²) in [5.74, 6) is 0. The second-order valence-corrected chi connectivity index (χ2v) is 12.7. The molecule has 0 bridgehead atoms. The highest BCUT2D eigenvalue weighted by molar-refractivity contribution is 5.78. The molecule has 2 aromatic carbocycles. The lowest BCUT2D eigenvalue weighted by molar-refractivity contribution is -0.344. The summed E-state index contributed by atoms with van der Waals surface area (Å²) in [4.78, 5) is 0. The predicted molar refractivity (Wildman–Crippen MR) is 184 cm³/mol. The molecule has 0 unspecified atom stereocenters. The first-order chi connectivity index (χ1) is 20.7. The van der Waals surface area contributed by atoms with Crippen LogP contribution in [0.15, 0.2) is 60.2 Å². The van der Waals surface area contributed by atoms with Gasteiger partial charge in [-0.15, -0.1) is 0 Å². The fourth-order valence-electron chi connectivity index (χ4n) is 6.29. The average molecular weight is 569 g/mol. The molecule has 42 heavy (non-hydrogen) atoms. The molecule has 1 aliphatic rings. The second kappa shape index (κ2) is 20.4. The summed E-state index contributed by atoms with van der Waals surface area (Å²) in [5.41, 5.74) is 19.8. The van der Waals surface area contributed by atoms with E-state index in [4.69, 9.17) is 0 Å². The molecular weight excluding hydrogens is 508 g/mol. The van der Waals surface area contributed by atoms with Gasteiger partial charge in [-0.05, 0) is 73.9 Å². The molecule has 0 saturated carbocycles. The van der Waals surface area contributed by atoms with Gasteiger partial charge in [0.25, 0.3) is 0 Å². The Hall–Kier alpha value is -2.48. The normalized spacial score (nSPS) is 13.3. The fraction of sp³-hybridized carbons (Fsp3) is 0.600. The Labute approximate surface area is 259 Å². The van der Waals surface area contributed by atoms with E-state index < -0.39 is 0 Å². The molecule has 1 heterocycles. The molecule has 0 atom stereocenters. The maximum Gasteiger partial charge on any atom is 0.210 e. The topological polar surface area (TPSA) is 25.3 Å². The lowest BCUT2D eigenvalue weighted by Gasteiger charge is -2.11. The molecule has 3 rings (SSSR count). The zero-order valence-electron chi connectivity index (χ0n) is 27.4. The molecule has 0 N–H and O–H groups in total. The monoisotopic (exact) mass is 568 g/mol. The third-order valence-electron chi connectivity index (χ3n) is 8.94. The Balaban J connectivity index is 1.68. The van der Waals surface area contributed by atoms with Crippen molar-refractivity contribution in [3.05, 3.63) is 88.0 Å². The highest BCUT2D eigenvalue weighted by Gasteiger charge is 2.28. The van der Waals surface area contributed by atoms with Crippen molar-refractivity contribution in [1.29, 1.82) is 0 Å². The van der Waals surface area contributed by atoms with Crippen molar-refractivity contribution in [3.8, 4) is 0 Å². The third-order valence-corrected chi connectivity index (χ3v) is 8.94. The van der Waals surface area contributed by atoms with Crippen molar-refractivity contribution in [2.75, 3.05) is 0 Å². The van der Waals surface area contributed by atoms with Crippen LogP contribution in [0.1, 0.15) is 165 Å². The Kier molecular flexibility index (Phi) is 16.5. The number of hydrogen-bond donors (Lipinski definition) is 0. The summed E-state index contributed by atoms with van der Waals surface area (Å²) in [6.07, 6.45) is 29.1. The molecule has 0 aromatic heterocycles. The number of aryl methyl sites for hydroxylation is 2. The van der Waals surface area contributed by atoms with Gasteiger partial charge in [0.05, 0.1) is 0 Å². The van der Waals surface area contributed by atoms with Gasteiger partial charge >= 0.3 is 0 Å². The van der Waals surface area contributed by atoms with Crippen LogP contribution < -0.4 is 0 Å². The largest absolute Gasteiger partial charge is 0.493 e. The summed E-state index contributed by atoms with van der Waals surface area (Å²) in [6, 6.07) is 17.9. The fourth-order valence-corrected chi connectivity index (χ4v) is 6.29. The van der Waals surface area contributed by atoms with Crippen LogP contribution in [0.4, 0.5) is 0 Å². The van der Waals surface area contributed by atoms with Crippen LogP contribution in [-0.2, 0) is 12.8 Å². The molecule has 2 nitrogen and oxygen atoms in total. The second-order valence-electron chi connectivity index (χ2n) is 12.7. The zero-order chi connectivity index (χ0) is 29.8. The molecule has 0 radical (unpaired) electrons. The van der Waals surface area contributed by atoms with Gasteiger partial charge in [-0.1, -0.05) is 141 Å². The van der Waals surface area contributed by atoms with E-state index in [1.807, 2.05) is 0 Å². The highest BCUT2D eigenvalue weighted by atomic mass is 15.2. The summed E-state index contributed by atoms with van der Waals surface area (Å²) >= 11 is 0. The Morgan fingerprint density at radius 1 is 0.500 bits per heavy atom. The molecule has 0 aliphatic carbocycles. The van der Waals surface area contributed by atoms with Gasteiger partial charge in [0.2, 0.25) is 11.4 Å². The third kappa shape index (κ3) is 11.7. The van der Waals surface area contributed by atoms with E-state index in [1.54, 1.807) is 0 Å². The molecule has 0 saturated heterocycles. The van der Waals surface area contributed by atoms with E-state index in [1.165, 1.54) is 137 Å². The van der Waals surface area contributed by atoms with E-state index in [2.05, 4.69) is 75.4 Å². The molecular formula is C40H60N2. The summed E-state index contributed by atoms with van der Waals surface area (Å²) < 4.78 is 1.49. The quantitative estimate of drug-likeness (QED) is 0.0941. The van der Waals surface area contributed by atoms with Gasteiger partial charge in [-0.2, -0.15) is 0 Å². The van der Waals surface area contributed by atoms with Crippen molar-refractivity contribution >= 4 is 11.4 Å². The van der Waals surface area contributed by atoms with Crippen LogP contribution in [-0.4, -0.2) is 4.70 Å². The molecule has 2 aromatic rings. The molecule has 1 aliphatic heterocycles. The standard InChI is InChI=1S/C40H60N2/c1-4-7-10-13-16-19-23-34-28-30-36(31-29-34)39-33-38(26-21-18-15-12-9-6-3)40(42(39)41)37-27-22-25-35(32-37)24-20-17-14-11-8-5-2/h22,25,27-33H,4-21,23-24,26H2,1-3H3. The SMILES string of the molecule is CCCCCCCCC1=C(c2cccc(CCCCCCCC)c2)[N+](=[N-])C(c2ccc(CCCCCCCC)cc2)=C1. The number of benzene rings is 2. The van der Waals surface area contributed by atoms with Crippen molar-refractivity contribution in [2.45, 2.75) is 156 Å². The Morgan fingerprint density at radius 2 is 1.00 bits per heavy atom. The molecule has 0 amide bonds. The van der Waals surface area contributed by atoms with Gasteiger partial charge in [0, 0.05) is 22.8 Å². The van der Waals surface area contributed by atoms with Crippen LogP contribution in [0.25, 0.3) is 16.9 Å². The molecule has 230 valence electrons. The van der Waals surface area contributed by atoms with Gasteiger partial charge in [-0.25, -0.2) is 4.70 Å². The van der Waals surface area contributed by atoms with E-state index >= 15 is 0 Å². The van der Waals surface area contributed by atoms with Crippen LogP contribution in [0.5, 0.6) is 0 Å². The summed E-state index contributed by atoms with van der Waals surface area (Å²) in [7, 11) is 0. The van der Waals surface area contributed by atoms with E-state index in [0.717, 1.165) is 41.8 Å². The van der Waals surface area contributed by atoms with Crippen LogP contribution in [0, 0.1) is 0 Å². The summed E-state index contributed by atoms with van der Waals surface area (Å²) in [6.45, 7) is 6.83. The number of hydrogen-bond acceptors (Lipinski definition) is 0. The van der Waals surface area contributed by atoms with E-state index in [-0.39, 0.29) is 0 Å². The maximum atomic E-state index is 11.6. The first kappa shape index (κ1) is 34.0. The first-order valence-corrected chi connectivity index (χ1v) is 17.8. The predicted octanol–water partition coefficient (Wildman–Crippen LogP) is 13.0. The molecule has 2 heteroatoms. The van der Waals surface area contributed by atoms with Gasteiger partial charge in [0.15, 0.2) is 0 Å². The Bertz CT molecular complexity index is 1100. The van der Waals surface area contributed by atoms with E-state index in [9.17, 15) is 5.53 Å². The van der Waals surface area contributed by atoms with Crippen molar-refractivity contribution in [3.63, 3.8) is 0 Å². The van der Waals surface area contributed by atoms with Crippen LogP contribution in [0.2, 0.25) is 0 Å². The summed E-state index contributed by atoms with van der Waals surface area (Å²) in [5, 5.41) is 0. The zero-order valence-corrected chi connectivity index (χ0v) is 27.4. The molecule has 0 spiro atoms. The van der Waals surface area contributed by atoms with Crippen LogP contribution >= 0.6 is 0 Å². The van der Waals surface area contributed by atoms with Gasteiger partial charge in [0.1, 0.15) is 0 Å². The minimum Gasteiger partial charge on any atom is -0.493 e. The minimum atomic E-state index is 0.915. The smallest absolute Gasteiger partial charge is 0.210 e. The van der Waals surface area contributed by atoms with Gasteiger partial charge in [-0.3, -0.25) is 0 Å². The minimum absolute atomic E-state index is 0.915. The highest BCUT2D eigenvalue weighted by Crippen LogP contribution is 2.38. The number of nitrogens with zero attached hydrogens (tertiary/aromatic N) is 2.